The van der Waals surface area contributed by atoms with Crippen molar-refractivity contribution in [1.29, 1.82) is 0 Å². The number of hydrogen-bond acceptors (Lipinski definition) is 3. The van der Waals surface area contributed by atoms with E-state index in [9.17, 15) is 4.79 Å². The largest absolute Gasteiger partial charge is 0.481 e. The average Bonchev–Trinajstić information content (AvgIpc) is 2.64. The Morgan fingerprint density at radius 2 is 2.33 bits per heavy atom. The third-order valence-corrected chi connectivity index (χ3v) is 3.04. The minimum atomic E-state index is -0.728. The molecule has 4 heteroatoms. The molecular weight excluding hydrogens is 210 g/mol. The first-order valence-corrected chi connectivity index (χ1v) is 5.67. The molecule has 0 aliphatic rings. The van der Waals surface area contributed by atoms with Crippen LogP contribution in [0.1, 0.15) is 18.4 Å². The maximum atomic E-state index is 10.4. The Balaban J connectivity index is 2.04. The molecule has 0 unspecified atom stereocenters. The highest BCUT2D eigenvalue weighted by Gasteiger charge is 2.01. The standard InChI is InChI=1S/C11H11NO2S/c13-11(14)3-1-2-8-4-5-9-10(6-8)15-7-12-9/h4-7H,1-3H2,(H,13,14). The van der Waals surface area contributed by atoms with E-state index in [0.29, 0.717) is 6.42 Å². The van der Waals surface area contributed by atoms with Gasteiger partial charge in [0, 0.05) is 6.42 Å². The summed E-state index contributed by atoms with van der Waals surface area (Å²) in [4.78, 5) is 14.5. The molecular formula is C11H11NO2S. The Morgan fingerprint density at radius 3 is 3.13 bits per heavy atom. The lowest BCUT2D eigenvalue weighted by Crippen LogP contribution is -1.95. The van der Waals surface area contributed by atoms with Crippen LogP contribution in [0, 0.1) is 0 Å². The van der Waals surface area contributed by atoms with Gasteiger partial charge < -0.3 is 5.11 Å². The van der Waals surface area contributed by atoms with Crippen LogP contribution in [0.3, 0.4) is 0 Å². The molecule has 1 aromatic carbocycles. The predicted molar refractivity (Wildman–Crippen MR) is 60.2 cm³/mol. The summed E-state index contributed by atoms with van der Waals surface area (Å²) in [6.45, 7) is 0. The second-order valence-corrected chi connectivity index (χ2v) is 4.29. The SMILES string of the molecule is O=C(O)CCCc1ccc2ncsc2c1. The van der Waals surface area contributed by atoms with Crippen molar-refractivity contribution in [1.82, 2.24) is 4.98 Å². The van der Waals surface area contributed by atoms with Crippen LogP contribution in [0.2, 0.25) is 0 Å². The number of aliphatic carboxylic acids is 1. The van der Waals surface area contributed by atoms with Gasteiger partial charge >= 0.3 is 5.97 Å². The van der Waals surface area contributed by atoms with E-state index in [1.807, 2.05) is 17.6 Å². The van der Waals surface area contributed by atoms with Crippen LogP contribution in [0.4, 0.5) is 0 Å². The number of aromatic nitrogens is 1. The molecule has 0 aliphatic carbocycles. The molecule has 0 saturated heterocycles. The van der Waals surface area contributed by atoms with Crippen molar-refractivity contribution < 1.29 is 9.90 Å². The van der Waals surface area contributed by atoms with Crippen LogP contribution in [0.5, 0.6) is 0 Å². The zero-order valence-electron chi connectivity index (χ0n) is 8.14. The van der Waals surface area contributed by atoms with Crippen molar-refractivity contribution in [2.45, 2.75) is 19.3 Å². The molecule has 0 aliphatic heterocycles. The Hall–Kier alpha value is -1.42. The van der Waals surface area contributed by atoms with E-state index in [2.05, 4.69) is 11.1 Å². The zero-order chi connectivity index (χ0) is 10.7. The van der Waals surface area contributed by atoms with Gasteiger partial charge in [0.2, 0.25) is 0 Å². The molecule has 2 rings (SSSR count). The fourth-order valence-corrected chi connectivity index (χ4v) is 2.24. The maximum absolute atomic E-state index is 10.4. The Kier molecular flexibility index (Phi) is 2.97. The van der Waals surface area contributed by atoms with E-state index in [1.165, 1.54) is 10.3 Å². The number of carboxylic acid groups (broad SMARTS) is 1. The van der Waals surface area contributed by atoms with E-state index >= 15 is 0 Å². The van der Waals surface area contributed by atoms with Crippen molar-refractivity contribution in [2.24, 2.45) is 0 Å². The molecule has 1 N–H and O–H groups in total. The molecule has 0 radical (unpaired) electrons. The fourth-order valence-electron chi connectivity index (χ4n) is 1.50. The summed E-state index contributed by atoms with van der Waals surface area (Å²) in [5.41, 5.74) is 4.03. The Labute approximate surface area is 91.4 Å². The smallest absolute Gasteiger partial charge is 0.303 e. The van der Waals surface area contributed by atoms with Crippen LogP contribution < -0.4 is 0 Å². The lowest BCUT2D eigenvalue weighted by Gasteiger charge is -1.99. The minimum Gasteiger partial charge on any atom is -0.481 e. The summed E-state index contributed by atoms with van der Waals surface area (Å²) in [7, 11) is 0. The van der Waals surface area contributed by atoms with Gasteiger partial charge in [-0.2, -0.15) is 0 Å². The number of nitrogens with zero attached hydrogens (tertiary/aromatic N) is 1. The number of thiazole rings is 1. The minimum absolute atomic E-state index is 0.237. The van der Waals surface area contributed by atoms with Crippen molar-refractivity contribution in [2.75, 3.05) is 0 Å². The molecule has 78 valence electrons. The first kappa shape index (κ1) is 10.1. The third kappa shape index (κ3) is 2.53. The second kappa shape index (κ2) is 4.40. The summed E-state index contributed by atoms with van der Waals surface area (Å²) in [6.07, 6.45) is 1.75. The van der Waals surface area contributed by atoms with Gasteiger partial charge in [0.25, 0.3) is 0 Å². The monoisotopic (exact) mass is 221 g/mol. The average molecular weight is 221 g/mol. The molecule has 0 saturated carbocycles. The van der Waals surface area contributed by atoms with E-state index in [-0.39, 0.29) is 6.42 Å². The number of hydrogen-bond donors (Lipinski definition) is 1. The van der Waals surface area contributed by atoms with Gasteiger partial charge in [0.05, 0.1) is 15.7 Å². The lowest BCUT2D eigenvalue weighted by atomic mass is 10.1. The highest BCUT2D eigenvalue weighted by Crippen LogP contribution is 2.19. The lowest BCUT2D eigenvalue weighted by molar-refractivity contribution is -0.137. The van der Waals surface area contributed by atoms with Gasteiger partial charge in [-0.1, -0.05) is 6.07 Å². The van der Waals surface area contributed by atoms with E-state index < -0.39 is 5.97 Å². The summed E-state index contributed by atoms with van der Waals surface area (Å²) in [6, 6.07) is 6.10. The first-order valence-electron chi connectivity index (χ1n) is 4.79. The molecule has 1 heterocycles. The molecule has 3 nitrogen and oxygen atoms in total. The fraction of sp³-hybridized carbons (Fsp3) is 0.273. The van der Waals surface area contributed by atoms with Crippen molar-refractivity contribution in [3.8, 4) is 0 Å². The number of benzene rings is 1. The highest BCUT2D eigenvalue weighted by molar-refractivity contribution is 7.16. The summed E-state index contributed by atoms with van der Waals surface area (Å²) in [5.74, 6) is -0.728. The number of aryl methyl sites for hydroxylation is 1. The quantitative estimate of drug-likeness (QED) is 0.863. The Bertz CT molecular complexity index is 478. The van der Waals surface area contributed by atoms with Crippen LogP contribution in [0.15, 0.2) is 23.7 Å². The molecule has 2 aromatic rings. The molecule has 0 amide bonds. The van der Waals surface area contributed by atoms with Gasteiger partial charge in [-0.15, -0.1) is 11.3 Å². The molecule has 0 spiro atoms. The molecule has 1 aromatic heterocycles. The van der Waals surface area contributed by atoms with Gasteiger partial charge in [-0.3, -0.25) is 4.79 Å². The van der Waals surface area contributed by atoms with E-state index in [1.54, 1.807) is 11.3 Å². The van der Waals surface area contributed by atoms with Crippen LogP contribution in [-0.4, -0.2) is 16.1 Å². The Morgan fingerprint density at radius 1 is 1.47 bits per heavy atom. The van der Waals surface area contributed by atoms with Gasteiger partial charge in [0.1, 0.15) is 0 Å². The molecule has 0 atom stereocenters. The maximum Gasteiger partial charge on any atom is 0.303 e. The topological polar surface area (TPSA) is 50.2 Å². The zero-order valence-corrected chi connectivity index (χ0v) is 8.96. The summed E-state index contributed by atoms with van der Waals surface area (Å²) >= 11 is 1.61. The summed E-state index contributed by atoms with van der Waals surface area (Å²) in [5, 5.41) is 8.52. The highest BCUT2D eigenvalue weighted by atomic mass is 32.1. The second-order valence-electron chi connectivity index (χ2n) is 3.40. The van der Waals surface area contributed by atoms with Crippen LogP contribution >= 0.6 is 11.3 Å². The molecule has 15 heavy (non-hydrogen) atoms. The van der Waals surface area contributed by atoms with Gasteiger partial charge in [0.15, 0.2) is 0 Å². The van der Waals surface area contributed by atoms with Crippen molar-refractivity contribution in [3.63, 3.8) is 0 Å². The van der Waals surface area contributed by atoms with E-state index in [4.69, 9.17) is 5.11 Å². The van der Waals surface area contributed by atoms with Gasteiger partial charge in [-0.05, 0) is 30.5 Å². The number of carbonyl (C=O) groups is 1. The normalized spacial score (nSPS) is 10.7. The van der Waals surface area contributed by atoms with Crippen LogP contribution in [0.25, 0.3) is 10.2 Å². The third-order valence-electron chi connectivity index (χ3n) is 2.25. The number of rotatable bonds is 4. The van der Waals surface area contributed by atoms with Gasteiger partial charge in [-0.25, -0.2) is 4.98 Å². The van der Waals surface area contributed by atoms with Crippen molar-refractivity contribution >= 4 is 27.5 Å². The number of fused-ring (bicyclic) bond motifs is 1. The molecule has 0 bridgehead atoms. The first-order chi connectivity index (χ1) is 7.25. The van der Waals surface area contributed by atoms with Crippen molar-refractivity contribution in [3.05, 3.63) is 29.3 Å². The van der Waals surface area contributed by atoms with E-state index in [0.717, 1.165) is 11.9 Å². The predicted octanol–water partition coefficient (Wildman–Crippen LogP) is 2.70. The summed E-state index contributed by atoms with van der Waals surface area (Å²) < 4.78 is 1.17. The van der Waals surface area contributed by atoms with Crippen LogP contribution in [-0.2, 0) is 11.2 Å². The molecule has 0 fully saturated rings. The number of carboxylic acids is 1.